The van der Waals surface area contributed by atoms with Crippen LogP contribution < -0.4 is 5.32 Å². The largest absolute Gasteiger partial charge is 0.466 e. The molecule has 0 fully saturated rings. The molecule has 0 aliphatic rings. The van der Waals surface area contributed by atoms with E-state index >= 15 is 0 Å². The molecule has 0 radical (unpaired) electrons. The Balaban J connectivity index is 2.03. The van der Waals surface area contributed by atoms with Gasteiger partial charge in [-0.25, -0.2) is 0 Å². The number of likely N-dealkylation sites (N-methyl/N-ethyl adjacent to an activating group) is 1. The van der Waals surface area contributed by atoms with E-state index in [1.54, 1.807) is 27.0 Å². The number of nitrogens with one attached hydrogen (secondary N) is 1. The number of amides is 2. The van der Waals surface area contributed by atoms with E-state index in [1.807, 2.05) is 32.0 Å². The van der Waals surface area contributed by atoms with Gasteiger partial charge < -0.3 is 14.6 Å². The van der Waals surface area contributed by atoms with Crippen molar-refractivity contribution in [3.8, 4) is 0 Å². The summed E-state index contributed by atoms with van der Waals surface area (Å²) in [5.41, 5.74) is 3.39. The number of carbonyl (C=O) groups excluding carboxylic acids is 2. The lowest BCUT2D eigenvalue weighted by atomic mass is 10.1. The lowest BCUT2D eigenvalue weighted by molar-refractivity contribution is -0.116. The Bertz CT molecular complexity index is 747. The van der Waals surface area contributed by atoms with E-state index in [1.165, 1.54) is 4.90 Å². The summed E-state index contributed by atoms with van der Waals surface area (Å²) in [4.78, 5) is 25.9. The first-order valence-corrected chi connectivity index (χ1v) is 7.48. The van der Waals surface area contributed by atoms with E-state index in [0.717, 1.165) is 16.8 Å². The molecule has 0 saturated carbocycles. The summed E-state index contributed by atoms with van der Waals surface area (Å²) >= 11 is 0. The highest BCUT2D eigenvalue weighted by atomic mass is 16.3. The Kier molecular flexibility index (Phi) is 4.89. The fraction of sp³-hybridized carbons (Fsp3) is 0.333. The van der Waals surface area contributed by atoms with Gasteiger partial charge in [-0.2, -0.15) is 0 Å². The Labute approximate surface area is 136 Å². The second-order valence-corrected chi connectivity index (χ2v) is 5.78. The van der Waals surface area contributed by atoms with Gasteiger partial charge in [0, 0.05) is 12.7 Å². The van der Waals surface area contributed by atoms with E-state index < -0.39 is 0 Å². The minimum atomic E-state index is -0.229. The molecule has 5 nitrogen and oxygen atoms in total. The Morgan fingerprint density at radius 2 is 1.87 bits per heavy atom. The zero-order valence-electron chi connectivity index (χ0n) is 14.2. The van der Waals surface area contributed by atoms with E-state index in [0.29, 0.717) is 17.1 Å². The number of rotatable bonds is 4. The predicted octanol–water partition coefficient (Wildman–Crippen LogP) is 3.22. The van der Waals surface area contributed by atoms with Crippen LogP contribution in [0, 0.1) is 27.7 Å². The van der Waals surface area contributed by atoms with Crippen molar-refractivity contribution in [2.24, 2.45) is 0 Å². The molecule has 1 N–H and O–H groups in total. The molecular weight excluding hydrogens is 292 g/mol. The van der Waals surface area contributed by atoms with Crippen LogP contribution in [0.25, 0.3) is 0 Å². The molecule has 122 valence electrons. The van der Waals surface area contributed by atoms with E-state index in [2.05, 4.69) is 5.32 Å². The van der Waals surface area contributed by atoms with Gasteiger partial charge in [0.1, 0.15) is 11.5 Å². The first-order chi connectivity index (χ1) is 10.8. The molecule has 0 aliphatic heterocycles. The molecule has 0 aliphatic carbocycles. The minimum Gasteiger partial charge on any atom is -0.466 e. The molecule has 23 heavy (non-hydrogen) atoms. The summed E-state index contributed by atoms with van der Waals surface area (Å²) in [6.45, 7) is 7.46. The molecule has 1 heterocycles. The number of carbonyl (C=O) groups is 2. The molecule has 2 rings (SSSR count). The number of anilines is 1. The van der Waals surface area contributed by atoms with Crippen molar-refractivity contribution in [1.82, 2.24) is 4.90 Å². The van der Waals surface area contributed by atoms with Gasteiger partial charge in [0.2, 0.25) is 5.91 Å². The van der Waals surface area contributed by atoms with E-state index in [4.69, 9.17) is 4.42 Å². The highest BCUT2D eigenvalue weighted by Gasteiger charge is 2.19. The monoisotopic (exact) mass is 314 g/mol. The van der Waals surface area contributed by atoms with Gasteiger partial charge in [0.15, 0.2) is 0 Å². The van der Waals surface area contributed by atoms with Crippen LogP contribution in [-0.4, -0.2) is 30.3 Å². The standard InChI is InChI=1S/C18H22N2O3/c1-11-7-6-8-16(13(11)3)19-17(21)10-20(5)18(22)15-9-12(2)23-14(15)4/h6-9H,10H2,1-5H3,(H,19,21). The smallest absolute Gasteiger partial charge is 0.257 e. The van der Waals surface area contributed by atoms with Crippen molar-refractivity contribution in [1.29, 1.82) is 0 Å². The van der Waals surface area contributed by atoms with Gasteiger partial charge in [-0.1, -0.05) is 12.1 Å². The van der Waals surface area contributed by atoms with Gasteiger partial charge >= 0.3 is 0 Å². The second-order valence-electron chi connectivity index (χ2n) is 5.78. The van der Waals surface area contributed by atoms with Crippen LogP contribution in [0.15, 0.2) is 28.7 Å². The second kappa shape index (κ2) is 6.69. The fourth-order valence-electron chi connectivity index (χ4n) is 2.41. The molecule has 2 amide bonds. The van der Waals surface area contributed by atoms with Crippen molar-refractivity contribution < 1.29 is 14.0 Å². The molecule has 0 saturated heterocycles. The van der Waals surface area contributed by atoms with Crippen molar-refractivity contribution in [3.05, 3.63) is 52.5 Å². The third-order valence-electron chi connectivity index (χ3n) is 3.88. The van der Waals surface area contributed by atoms with Crippen LogP contribution in [0.1, 0.15) is 33.0 Å². The van der Waals surface area contributed by atoms with Crippen molar-refractivity contribution in [2.45, 2.75) is 27.7 Å². The number of hydrogen-bond acceptors (Lipinski definition) is 3. The molecular formula is C18H22N2O3. The zero-order chi connectivity index (χ0) is 17.1. The maximum Gasteiger partial charge on any atom is 0.257 e. The fourth-order valence-corrected chi connectivity index (χ4v) is 2.41. The normalized spacial score (nSPS) is 10.5. The van der Waals surface area contributed by atoms with Gasteiger partial charge in [-0.15, -0.1) is 0 Å². The average molecular weight is 314 g/mol. The summed E-state index contributed by atoms with van der Waals surface area (Å²) in [5, 5.41) is 2.85. The molecule has 0 spiro atoms. The molecule has 1 aromatic heterocycles. The van der Waals surface area contributed by atoms with Crippen LogP contribution in [-0.2, 0) is 4.79 Å². The molecule has 1 aromatic carbocycles. The summed E-state index contributed by atoms with van der Waals surface area (Å²) < 4.78 is 5.37. The molecule has 2 aromatic rings. The van der Waals surface area contributed by atoms with Crippen molar-refractivity contribution in [2.75, 3.05) is 18.9 Å². The first-order valence-electron chi connectivity index (χ1n) is 7.48. The van der Waals surface area contributed by atoms with Crippen molar-refractivity contribution >= 4 is 17.5 Å². The van der Waals surface area contributed by atoms with Gasteiger partial charge in [-0.3, -0.25) is 9.59 Å². The maximum atomic E-state index is 12.4. The molecule has 5 heteroatoms. The minimum absolute atomic E-state index is 0.0180. The quantitative estimate of drug-likeness (QED) is 0.942. The molecule has 0 atom stereocenters. The van der Waals surface area contributed by atoms with Crippen LogP contribution >= 0.6 is 0 Å². The first kappa shape index (κ1) is 16.8. The third kappa shape index (κ3) is 3.80. The summed E-state index contributed by atoms with van der Waals surface area (Å²) in [5.74, 6) is 0.788. The number of furan rings is 1. The van der Waals surface area contributed by atoms with Gasteiger partial charge in [-0.05, 0) is 51.0 Å². The highest BCUT2D eigenvalue weighted by Crippen LogP contribution is 2.18. The number of aryl methyl sites for hydroxylation is 3. The summed E-state index contributed by atoms with van der Waals surface area (Å²) in [6, 6.07) is 7.43. The molecule has 0 unspecified atom stereocenters. The number of hydrogen-bond donors (Lipinski definition) is 1. The number of benzene rings is 1. The predicted molar refractivity (Wildman–Crippen MR) is 89.7 cm³/mol. The van der Waals surface area contributed by atoms with E-state index in [-0.39, 0.29) is 18.4 Å². The summed E-state index contributed by atoms with van der Waals surface area (Å²) in [7, 11) is 1.60. The SMILES string of the molecule is Cc1cc(C(=O)N(C)CC(=O)Nc2cccc(C)c2C)c(C)o1. The summed E-state index contributed by atoms with van der Waals surface area (Å²) in [6.07, 6.45) is 0. The Hall–Kier alpha value is -2.56. The average Bonchev–Trinajstić information content (AvgIpc) is 2.81. The number of nitrogens with zero attached hydrogens (tertiary/aromatic N) is 1. The lowest BCUT2D eigenvalue weighted by Gasteiger charge is -2.17. The maximum absolute atomic E-state index is 12.4. The van der Waals surface area contributed by atoms with Crippen LogP contribution in [0.5, 0.6) is 0 Å². The Morgan fingerprint density at radius 1 is 1.17 bits per heavy atom. The highest BCUT2D eigenvalue weighted by molar-refractivity contribution is 6.00. The van der Waals surface area contributed by atoms with Crippen LogP contribution in [0.2, 0.25) is 0 Å². The third-order valence-corrected chi connectivity index (χ3v) is 3.88. The van der Waals surface area contributed by atoms with Crippen LogP contribution in [0.4, 0.5) is 5.69 Å². The Morgan fingerprint density at radius 3 is 2.48 bits per heavy atom. The molecule has 0 bridgehead atoms. The van der Waals surface area contributed by atoms with Gasteiger partial charge in [0.25, 0.3) is 5.91 Å². The topological polar surface area (TPSA) is 62.6 Å². The van der Waals surface area contributed by atoms with Gasteiger partial charge in [0.05, 0.1) is 12.1 Å². The van der Waals surface area contributed by atoms with E-state index in [9.17, 15) is 9.59 Å². The van der Waals surface area contributed by atoms with Crippen LogP contribution in [0.3, 0.4) is 0 Å². The zero-order valence-corrected chi connectivity index (χ0v) is 14.2. The van der Waals surface area contributed by atoms with Crippen molar-refractivity contribution in [3.63, 3.8) is 0 Å². The lowest BCUT2D eigenvalue weighted by Crippen LogP contribution is -2.35.